The van der Waals surface area contributed by atoms with Gasteiger partial charge in [-0.25, -0.2) is 8.42 Å². The van der Waals surface area contributed by atoms with Crippen molar-refractivity contribution in [1.82, 2.24) is 0 Å². The fraction of sp³-hybridized carbons (Fsp3) is 0.182. The van der Waals surface area contributed by atoms with Gasteiger partial charge in [0.25, 0.3) is 10.0 Å². The molecule has 0 heterocycles. The zero-order chi connectivity index (χ0) is 20.9. The number of thioether (sulfide) groups is 1. The number of methoxy groups -OCH3 is 1. The Hall–Kier alpha value is -2.15. The Morgan fingerprint density at radius 3 is 2.45 bits per heavy atom. The summed E-state index contributed by atoms with van der Waals surface area (Å²) in [4.78, 5) is 1.07. The second-order valence-electron chi connectivity index (χ2n) is 6.34. The minimum atomic E-state index is -3.72. The third-order valence-electron chi connectivity index (χ3n) is 4.38. The predicted octanol–water partition coefficient (Wildman–Crippen LogP) is 6.00. The van der Waals surface area contributed by atoms with Crippen LogP contribution in [0.15, 0.2) is 76.5 Å². The number of ether oxygens (including phenoxy) is 1. The van der Waals surface area contributed by atoms with Crippen LogP contribution in [-0.2, 0) is 22.2 Å². The molecule has 0 spiro atoms. The van der Waals surface area contributed by atoms with Gasteiger partial charge in [0.05, 0.1) is 17.7 Å². The lowest BCUT2D eigenvalue weighted by Gasteiger charge is -2.14. The molecule has 4 nitrogen and oxygen atoms in total. The molecular weight excluding hydrogens is 426 g/mol. The number of nitrogens with one attached hydrogen (secondary N) is 1. The van der Waals surface area contributed by atoms with Crippen LogP contribution in [0.5, 0.6) is 5.75 Å². The molecule has 0 fully saturated rings. The van der Waals surface area contributed by atoms with Gasteiger partial charge >= 0.3 is 0 Å². The minimum absolute atomic E-state index is 0.215. The average molecular weight is 448 g/mol. The number of para-hydroxylation sites is 1. The lowest BCUT2D eigenvalue weighted by atomic mass is 10.1. The predicted molar refractivity (Wildman–Crippen MR) is 121 cm³/mol. The summed E-state index contributed by atoms with van der Waals surface area (Å²) in [7, 11) is -2.14. The molecule has 0 aliphatic rings. The van der Waals surface area contributed by atoms with E-state index in [1.807, 2.05) is 49.4 Å². The standard InChI is InChI=1S/C22H22ClNO3S2/c1-3-17-14-19(12-13-21(17)27-2)29(25,26)24-20-6-4-5-7-22(20)28-15-16-8-10-18(23)11-9-16/h4-14,24H,3,15H2,1-2H3. The fourth-order valence-electron chi connectivity index (χ4n) is 2.82. The van der Waals surface area contributed by atoms with Crippen LogP contribution in [-0.4, -0.2) is 15.5 Å². The Labute approximate surface area is 181 Å². The smallest absolute Gasteiger partial charge is 0.261 e. The highest BCUT2D eigenvalue weighted by atomic mass is 35.5. The summed E-state index contributed by atoms with van der Waals surface area (Å²) in [5.41, 5.74) is 2.51. The van der Waals surface area contributed by atoms with Gasteiger partial charge in [0.2, 0.25) is 0 Å². The highest BCUT2D eigenvalue weighted by Gasteiger charge is 2.18. The minimum Gasteiger partial charge on any atom is -0.496 e. The second kappa shape index (κ2) is 9.57. The first-order valence-corrected chi connectivity index (χ1v) is 11.9. The molecule has 0 bridgehead atoms. The first-order valence-electron chi connectivity index (χ1n) is 9.09. The lowest BCUT2D eigenvalue weighted by Crippen LogP contribution is -2.14. The zero-order valence-corrected chi connectivity index (χ0v) is 18.6. The molecule has 0 amide bonds. The summed E-state index contributed by atoms with van der Waals surface area (Å²) in [6.45, 7) is 1.96. The zero-order valence-electron chi connectivity index (χ0n) is 16.2. The maximum Gasteiger partial charge on any atom is 0.261 e. The number of hydrogen-bond donors (Lipinski definition) is 1. The molecule has 0 atom stereocenters. The molecule has 0 saturated carbocycles. The van der Waals surface area contributed by atoms with E-state index in [1.54, 1.807) is 43.1 Å². The molecule has 0 unspecified atom stereocenters. The van der Waals surface area contributed by atoms with Crippen LogP contribution in [0.3, 0.4) is 0 Å². The molecule has 1 N–H and O–H groups in total. The van der Waals surface area contributed by atoms with Gasteiger partial charge in [-0.3, -0.25) is 4.72 Å². The summed E-state index contributed by atoms with van der Waals surface area (Å²) >= 11 is 7.50. The van der Waals surface area contributed by atoms with Crippen molar-refractivity contribution in [2.45, 2.75) is 28.9 Å². The van der Waals surface area contributed by atoms with E-state index < -0.39 is 10.0 Å². The molecule has 3 aromatic rings. The van der Waals surface area contributed by atoms with Crippen LogP contribution < -0.4 is 9.46 Å². The molecule has 0 aliphatic heterocycles. The van der Waals surface area contributed by atoms with Crippen LogP contribution in [0.25, 0.3) is 0 Å². The summed E-state index contributed by atoms with van der Waals surface area (Å²) in [6.07, 6.45) is 0.681. The van der Waals surface area contributed by atoms with Gasteiger partial charge in [0.15, 0.2) is 0 Å². The van der Waals surface area contributed by atoms with Crippen LogP contribution >= 0.6 is 23.4 Å². The Morgan fingerprint density at radius 1 is 1.03 bits per heavy atom. The molecule has 0 radical (unpaired) electrons. The summed E-state index contributed by atoms with van der Waals surface area (Å²) in [5, 5.41) is 0.692. The Balaban J connectivity index is 1.81. The number of halogens is 1. The maximum absolute atomic E-state index is 13.0. The molecule has 3 rings (SSSR count). The number of hydrogen-bond acceptors (Lipinski definition) is 4. The molecule has 3 aromatic carbocycles. The van der Waals surface area contributed by atoms with Crippen LogP contribution in [0, 0.1) is 0 Å². The molecular formula is C22H22ClNO3S2. The van der Waals surface area contributed by atoms with Gasteiger partial charge in [-0.15, -0.1) is 11.8 Å². The van der Waals surface area contributed by atoms with E-state index >= 15 is 0 Å². The third-order valence-corrected chi connectivity index (χ3v) is 7.14. The highest BCUT2D eigenvalue weighted by molar-refractivity contribution is 7.98. The summed E-state index contributed by atoms with van der Waals surface area (Å²) < 4.78 is 33.9. The van der Waals surface area contributed by atoms with Crippen molar-refractivity contribution in [2.24, 2.45) is 0 Å². The molecule has 152 valence electrons. The summed E-state index contributed by atoms with van der Waals surface area (Å²) in [6, 6.07) is 19.9. The highest BCUT2D eigenvalue weighted by Crippen LogP contribution is 2.32. The lowest BCUT2D eigenvalue weighted by molar-refractivity contribution is 0.409. The van der Waals surface area contributed by atoms with Gasteiger partial charge in [0.1, 0.15) is 5.75 Å². The molecule has 0 saturated heterocycles. The topological polar surface area (TPSA) is 55.4 Å². The molecule has 7 heteroatoms. The molecule has 0 aliphatic carbocycles. The van der Waals surface area contributed by atoms with Crippen LogP contribution in [0.1, 0.15) is 18.1 Å². The van der Waals surface area contributed by atoms with E-state index in [4.69, 9.17) is 16.3 Å². The summed E-state index contributed by atoms with van der Waals surface area (Å²) in [5.74, 6) is 1.39. The first kappa shape index (κ1) is 21.6. The number of sulfonamides is 1. The number of benzene rings is 3. The van der Waals surface area contributed by atoms with Crippen molar-refractivity contribution in [2.75, 3.05) is 11.8 Å². The monoisotopic (exact) mass is 447 g/mol. The Bertz CT molecular complexity index is 1080. The Morgan fingerprint density at radius 2 is 1.76 bits per heavy atom. The van der Waals surface area contributed by atoms with E-state index in [0.29, 0.717) is 28.6 Å². The Kier molecular flexibility index (Phi) is 7.11. The number of anilines is 1. The molecule has 29 heavy (non-hydrogen) atoms. The van der Waals surface area contributed by atoms with Gasteiger partial charge in [-0.05, 0) is 60.0 Å². The third kappa shape index (κ3) is 5.47. The van der Waals surface area contributed by atoms with E-state index in [1.165, 1.54) is 0 Å². The largest absolute Gasteiger partial charge is 0.496 e. The SMILES string of the molecule is CCc1cc(S(=O)(=O)Nc2ccccc2SCc2ccc(Cl)cc2)ccc1OC. The van der Waals surface area contributed by atoms with Crippen molar-refractivity contribution < 1.29 is 13.2 Å². The molecule has 0 aromatic heterocycles. The maximum atomic E-state index is 13.0. The van der Waals surface area contributed by atoms with E-state index in [0.717, 1.165) is 16.0 Å². The van der Waals surface area contributed by atoms with Crippen molar-refractivity contribution in [3.8, 4) is 5.75 Å². The second-order valence-corrected chi connectivity index (χ2v) is 9.48. The van der Waals surface area contributed by atoms with Crippen molar-refractivity contribution in [3.63, 3.8) is 0 Å². The van der Waals surface area contributed by atoms with E-state index in [2.05, 4.69) is 4.72 Å². The van der Waals surface area contributed by atoms with Gasteiger partial charge < -0.3 is 4.74 Å². The fourth-order valence-corrected chi connectivity index (χ4v) is 5.11. The van der Waals surface area contributed by atoms with E-state index in [-0.39, 0.29) is 4.90 Å². The number of rotatable bonds is 8. The van der Waals surface area contributed by atoms with Gasteiger partial charge in [0, 0.05) is 15.7 Å². The van der Waals surface area contributed by atoms with Crippen LogP contribution in [0.2, 0.25) is 5.02 Å². The quantitative estimate of drug-likeness (QED) is 0.430. The van der Waals surface area contributed by atoms with Crippen molar-refractivity contribution >= 4 is 39.1 Å². The first-order chi connectivity index (χ1) is 13.9. The van der Waals surface area contributed by atoms with E-state index in [9.17, 15) is 8.42 Å². The average Bonchev–Trinajstić information content (AvgIpc) is 2.73. The van der Waals surface area contributed by atoms with Gasteiger partial charge in [-0.1, -0.05) is 42.8 Å². The number of aryl methyl sites for hydroxylation is 1. The van der Waals surface area contributed by atoms with Gasteiger partial charge in [-0.2, -0.15) is 0 Å². The van der Waals surface area contributed by atoms with Crippen molar-refractivity contribution in [3.05, 3.63) is 82.9 Å². The normalized spacial score (nSPS) is 11.3. The van der Waals surface area contributed by atoms with Crippen LogP contribution in [0.4, 0.5) is 5.69 Å². The van der Waals surface area contributed by atoms with Crippen molar-refractivity contribution in [1.29, 1.82) is 0 Å².